The van der Waals surface area contributed by atoms with Gasteiger partial charge in [0, 0.05) is 4.88 Å². The summed E-state index contributed by atoms with van der Waals surface area (Å²) in [6, 6.07) is 0. The molecule has 2 aromatic heterocycles. The van der Waals surface area contributed by atoms with Crippen LogP contribution in [0.1, 0.15) is 37.0 Å². The van der Waals surface area contributed by atoms with Crippen LogP contribution < -0.4 is 11.3 Å². The smallest absolute Gasteiger partial charge is 0.158 e. The molecule has 0 spiro atoms. The minimum absolute atomic E-state index is 0.176. The summed E-state index contributed by atoms with van der Waals surface area (Å²) in [7, 11) is 0. The zero-order chi connectivity index (χ0) is 14.9. The monoisotopic (exact) mass is 294 g/mol. The minimum atomic E-state index is 0.176. The average molecular weight is 294 g/mol. The maximum atomic E-state index is 5.79. The SMILES string of the molecule is Cc1sc2nc(COC(C)C(C)C)nc(NN)c2c1C. The molecule has 2 heterocycles. The number of aryl methyl sites for hydroxylation is 2. The summed E-state index contributed by atoms with van der Waals surface area (Å²) < 4.78 is 5.79. The second-order valence-electron chi connectivity index (χ2n) is 5.36. The van der Waals surface area contributed by atoms with Gasteiger partial charge in [-0.15, -0.1) is 11.3 Å². The summed E-state index contributed by atoms with van der Waals surface area (Å²) in [5, 5.41) is 1.01. The van der Waals surface area contributed by atoms with Gasteiger partial charge in [-0.2, -0.15) is 0 Å². The molecule has 1 unspecified atom stereocenters. The third-order valence-corrected chi connectivity index (χ3v) is 4.73. The molecule has 0 fully saturated rings. The van der Waals surface area contributed by atoms with E-state index in [2.05, 4.69) is 50.0 Å². The third-order valence-electron chi connectivity index (χ3n) is 3.63. The maximum Gasteiger partial charge on any atom is 0.158 e. The van der Waals surface area contributed by atoms with Gasteiger partial charge < -0.3 is 10.2 Å². The van der Waals surface area contributed by atoms with Crippen molar-refractivity contribution in [3.8, 4) is 0 Å². The molecule has 110 valence electrons. The number of hydrazine groups is 1. The molecule has 20 heavy (non-hydrogen) atoms. The second-order valence-corrected chi connectivity index (χ2v) is 6.56. The lowest BCUT2D eigenvalue weighted by Crippen LogP contribution is -2.17. The lowest BCUT2D eigenvalue weighted by molar-refractivity contribution is 0.0202. The lowest BCUT2D eigenvalue weighted by Gasteiger charge is -2.16. The summed E-state index contributed by atoms with van der Waals surface area (Å²) in [6.07, 6.45) is 0.176. The number of ether oxygens (including phenoxy) is 1. The van der Waals surface area contributed by atoms with Crippen molar-refractivity contribution in [3.05, 3.63) is 16.3 Å². The Kier molecular flexibility index (Phi) is 4.57. The fourth-order valence-electron chi connectivity index (χ4n) is 1.86. The predicted molar refractivity (Wildman–Crippen MR) is 83.8 cm³/mol. The number of nitrogens with two attached hydrogens (primary N) is 1. The van der Waals surface area contributed by atoms with Gasteiger partial charge >= 0.3 is 0 Å². The van der Waals surface area contributed by atoms with Crippen LogP contribution in [0.2, 0.25) is 0 Å². The van der Waals surface area contributed by atoms with E-state index >= 15 is 0 Å². The summed E-state index contributed by atoms with van der Waals surface area (Å²) in [4.78, 5) is 11.2. The first-order valence-electron chi connectivity index (χ1n) is 6.78. The molecule has 0 saturated heterocycles. The largest absolute Gasteiger partial charge is 0.370 e. The number of nitrogens with one attached hydrogen (secondary N) is 1. The molecule has 0 aliphatic carbocycles. The van der Waals surface area contributed by atoms with Crippen molar-refractivity contribution in [3.63, 3.8) is 0 Å². The number of thiophene rings is 1. The quantitative estimate of drug-likeness (QED) is 0.654. The van der Waals surface area contributed by atoms with Gasteiger partial charge in [0.15, 0.2) is 11.6 Å². The second kappa shape index (κ2) is 6.03. The molecule has 0 radical (unpaired) electrons. The van der Waals surface area contributed by atoms with Crippen LogP contribution in [0.3, 0.4) is 0 Å². The van der Waals surface area contributed by atoms with Crippen molar-refractivity contribution in [1.29, 1.82) is 0 Å². The summed E-state index contributed by atoms with van der Waals surface area (Å²) in [5.74, 6) is 7.40. The Morgan fingerprint density at radius 2 is 1.95 bits per heavy atom. The highest BCUT2D eigenvalue weighted by Gasteiger charge is 2.15. The minimum Gasteiger partial charge on any atom is -0.370 e. The molecule has 0 saturated carbocycles. The molecule has 0 aromatic carbocycles. The van der Waals surface area contributed by atoms with Gasteiger partial charge in [0.25, 0.3) is 0 Å². The predicted octanol–water partition coefficient (Wildman–Crippen LogP) is 3.15. The molecule has 0 bridgehead atoms. The highest BCUT2D eigenvalue weighted by molar-refractivity contribution is 7.18. The number of hydrogen-bond acceptors (Lipinski definition) is 6. The van der Waals surface area contributed by atoms with Crippen LogP contribution in [0.4, 0.5) is 5.82 Å². The first-order valence-corrected chi connectivity index (χ1v) is 7.60. The zero-order valence-corrected chi connectivity index (χ0v) is 13.5. The van der Waals surface area contributed by atoms with Crippen molar-refractivity contribution in [2.45, 2.75) is 47.3 Å². The molecule has 0 aliphatic heterocycles. The summed E-state index contributed by atoms with van der Waals surface area (Å²) in [6.45, 7) is 10.9. The first kappa shape index (κ1) is 15.2. The van der Waals surface area contributed by atoms with E-state index in [1.165, 1.54) is 10.4 Å². The van der Waals surface area contributed by atoms with Crippen LogP contribution in [-0.4, -0.2) is 16.1 Å². The van der Waals surface area contributed by atoms with Gasteiger partial charge in [-0.05, 0) is 32.3 Å². The number of nitrogens with zero attached hydrogens (tertiary/aromatic N) is 2. The highest BCUT2D eigenvalue weighted by atomic mass is 32.1. The Hall–Kier alpha value is -1.24. The lowest BCUT2D eigenvalue weighted by atomic mass is 10.1. The molecule has 2 aromatic rings. The van der Waals surface area contributed by atoms with E-state index in [0.717, 1.165) is 10.2 Å². The van der Waals surface area contributed by atoms with E-state index in [1.807, 2.05) is 0 Å². The Labute approximate surface area is 123 Å². The molecule has 0 amide bonds. The van der Waals surface area contributed by atoms with E-state index in [-0.39, 0.29) is 6.10 Å². The van der Waals surface area contributed by atoms with Crippen molar-refractivity contribution in [2.24, 2.45) is 11.8 Å². The Balaban J connectivity index is 2.32. The van der Waals surface area contributed by atoms with E-state index in [9.17, 15) is 0 Å². The van der Waals surface area contributed by atoms with Gasteiger partial charge in [0.1, 0.15) is 11.4 Å². The summed E-state index contributed by atoms with van der Waals surface area (Å²) >= 11 is 1.66. The fourth-order valence-corrected chi connectivity index (χ4v) is 2.91. The van der Waals surface area contributed by atoms with Gasteiger partial charge in [-0.25, -0.2) is 15.8 Å². The Morgan fingerprint density at radius 3 is 2.55 bits per heavy atom. The van der Waals surface area contributed by atoms with Gasteiger partial charge in [-0.3, -0.25) is 0 Å². The maximum absolute atomic E-state index is 5.79. The normalized spacial score (nSPS) is 13.2. The topological polar surface area (TPSA) is 73.1 Å². The molecule has 5 nitrogen and oxygen atoms in total. The van der Waals surface area contributed by atoms with E-state index < -0.39 is 0 Å². The fraction of sp³-hybridized carbons (Fsp3) is 0.571. The number of aromatic nitrogens is 2. The molecule has 0 aliphatic rings. The van der Waals surface area contributed by atoms with Crippen molar-refractivity contribution >= 4 is 27.4 Å². The van der Waals surface area contributed by atoms with Crippen molar-refractivity contribution in [2.75, 3.05) is 5.43 Å². The van der Waals surface area contributed by atoms with E-state index in [4.69, 9.17) is 10.6 Å². The first-order chi connectivity index (χ1) is 9.43. The molecular weight excluding hydrogens is 272 g/mol. The number of nitrogen functional groups attached to an aromatic ring is 1. The van der Waals surface area contributed by atoms with Crippen molar-refractivity contribution in [1.82, 2.24) is 9.97 Å². The Morgan fingerprint density at radius 1 is 1.25 bits per heavy atom. The van der Waals surface area contributed by atoms with Gasteiger partial charge in [0.2, 0.25) is 0 Å². The number of fused-ring (bicyclic) bond motifs is 1. The molecule has 1 atom stereocenters. The van der Waals surface area contributed by atoms with Gasteiger partial charge in [0.05, 0.1) is 11.5 Å². The van der Waals surface area contributed by atoms with Crippen LogP contribution in [-0.2, 0) is 11.3 Å². The standard InChI is InChI=1S/C14H22N4OS/c1-7(2)9(4)19-6-11-16-13(18-15)12-8(3)10(5)20-14(12)17-11/h7,9H,6,15H2,1-5H3,(H,16,17,18). The van der Waals surface area contributed by atoms with Crippen molar-refractivity contribution < 1.29 is 4.74 Å². The highest BCUT2D eigenvalue weighted by Crippen LogP contribution is 2.32. The molecule has 2 rings (SSSR count). The molecule has 6 heteroatoms. The zero-order valence-electron chi connectivity index (χ0n) is 12.7. The van der Waals surface area contributed by atoms with Gasteiger partial charge in [-0.1, -0.05) is 13.8 Å². The number of rotatable bonds is 5. The Bertz CT molecular complexity index is 609. The van der Waals surface area contributed by atoms with E-state index in [0.29, 0.717) is 24.2 Å². The average Bonchev–Trinajstić information content (AvgIpc) is 2.70. The van der Waals surface area contributed by atoms with Crippen LogP contribution in [0, 0.1) is 19.8 Å². The molecular formula is C14H22N4OS. The number of hydrogen-bond donors (Lipinski definition) is 2. The van der Waals surface area contributed by atoms with Crippen LogP contribution in [0.15, 0.2) is 0 Å². The third kappa shape index (κ3) is 2.92. The van der Waals surface area contributed by atoms with Crippen LogP contribution in [0.25, 0.3) is 10.2 Å². The van der Waals surface area contributed by atoms with Crippen LogP contribution in [0.5, 0.6) is 0 Å². The van der Waals surface area contributed by atoms with E-state index in [1.54, 1.807) is 11.3 Å². The molecule has 3 N–H and O–H groups in total. The number of anilines is 1. The van der Waals surface area contributed by atoms with Crippen LogP contribution >= 0.6 is 11.3 Å². The summed E-state index contributed by atoms with van der Waals surface area (Å²) in [5.41, 5.74) is 3.86.